The number of carboxylic acids is 1. The molecule has 0 spiro atoms. The summed E-state index contributed by atoms with van der Waals surface area (Å²) in [6.45, 7) is 2.36. The standard InChI is InChI=1S/C13H19N3O4/c1-9-14-11(20-15-9)5-6-12(17)16-7-3-2-4-10(16)8-13(18)19/h10H,2-8H2,1H3,(H,18,19). The van der Waals surface area contributed by atoms with Crippen molar-refractivity contribution in [2.24, 2.45) is 0 Å². The number of carbonyl (C=O) groups excluding carboxylic acids is 1. The monoisotopic (exact) mass is 281 g/mol. The molecule has 0 aliphatic carbocycles. The number of piperidine rings is 1. The minimum Gasteiger partial charge on any atom is -0.481 e. The lowest BCUT2D eigenvalue weighted by molar-refractivity contribution is -0.141. The molecule has 2 heterocycles. The molecule has 20 heavy (non-hydrogen) atoms. The molecule has 7 nitrogen and oxygen atoms in total. The third kappa shape index (κ3) is 3.79. The fourth-order valence-electron chi connectivity index (χ4n) is 2.54. The maximum absolute atomic E-state index is 12.2. The fraction of sp³-hybridized carbons (Fsp3) is 0.692. The van der Waals surface area contributed by atoms with Gasteiger partial charge in [0.25, 0.3) is 0 Å². The van der Waals surface area contributed by atoms with Crippen molar-refractivity contribution in [1.82, 2.24) is 15.0 Å². The van der Waals surface area contributed by atoms with Crippen molar-refractivity contribution < 1.29 is 19.2 Å². The summed E-state index contributed by atoms with van der Waals surface area (Å²) >= 11 is 0. The molecule has 0 bridgehead atoms. The van der Waals surface area contributed by atoms with Gasteiger partial charge in [-0.1, -0.05) is 5.16 Å². The van der Waals surface area contributed by atoms with Crippen LogP contribution >= 0.6 is 0 Å². The van der Waals surface area contributed by atoms with Gasteiger partial charge >= 0.3 is 5.97 Å². The smallest absolute Gasteiger partial charge is 0.305 e. The number of carbonyl (C=O) groups is 2. The van der Waals surface area contributed by atoms with Gasteiger partial charge in [-0.05, 0) is 26.2 Å². The van der Waals surface area contributed by atoms with E-state index in [0.29, 0.717) is 24.7 Å². The lowest BCUT2D eigenvalue weighted by Crippen LogP contribution is -2.44. The van der Waals surface area contributed by atoms with Gasteiger partial charge in [-0.25, -0.2) is 0 Å². The zero-order chi connectivity index (χ0) is 14.5. The van der Waals surface area contributed by atoms with Crippen molar-refractivity contribution in [2.75, 3.05) is 6.54 Å². The van der Waals surface area contributed by atoms with Gasteiger partial charge in [-0.15, -0.1) is 0 Å². The van der Waals surface area contributed by atoms with E-state index in [1.807, 2.05) is 0 Å². The quantitative estimate of drug-likeness (QED) is 0.870. The van der Waals surface area contributed by atoms with Crippen LogP contribution in [0.5, 0.6) is 0 Å². The minimum atomic E-state index is -0.859. The molecular formula is C13H19N3O4. The average Bonchev–Trinajstić information content (AvgIpc) is 2.82. The largest absolute Gasteiger partial charge is 0.481 e. The molecule has 1 saturated heterocycles. The van der Waals surface area contributed by atoms with Crippen molar-refractivity contribution >= 4 is 11.9 Å². The summed E-state index contributed by atoms with van der Waals surface area (Å²) in [7, 11) is 0. The molecule has 1 fully saturated rings. The molecule has 1 aromatic heterocycles. The maximum Gasteiger partial charge on any atom is 0.305 e. The van der Waals surface area contributed by atoms with Gasteiger partial charge in [0.15, 0.2) is 5.82 Å². The highest BCUT2D eigenvalue weighted by atomic mass is 16.5. The number of aliphatic carboxylic acids is 1. The summed E-state index contributed by atoms with van der Waals surface area (Å²) in [6, 6.07) is -0.182. The van der Waals surface area contributed by atoms with E-state index in [9.17, 15) is 9.59 Å². The van der Waals surface area contributed by atoms with Gasteiger partial charge in [-0.3, -0.25) is 9.59 Å². The number of nitrogens with zero attached hydrogens (tertiary/aromatic N) is 3. The molecule has 0 saturated carbocycles. The van der Waals surface area contributed by atoms with Gasteiger partial charge in [-0.2, -0.15) is 4.98 Å². The van der Waals surface area contributed by atoms with Crippen LogP contribution in [-0.4, -0.2) is 44.6 Å². The fourth-order valence-corrected chi connectivity index (χ4v) is 2.54. The minimum absolute atomic E-state index is 0.0193. The molecule has 1 atom stereocenters. The molecule has 1 N–H and O–H groups in total. The molecule has 110 valence electrons. The van der Waals surface area contributed by atoms with E-state index in [0.717, 1.165) is 19.3 Å². The highest BCUT2D eigenvalue weighted by Crippen LogP contribution is 2.21. The Kier molecular flexibility index (Phi) is 4.70. The SMILES string of the molecule is Cc1noc(CCC(=O)N2CCCCC2CC(=O)O)n1. The number of carboxylic acid groups (broad SMARTS) is 1. The van der Waals surface area contributed by atoms with Crippen molar-refractivity contribution in [3.05, 3.63) is 11.7 Å². The van der Waals surface area contributed by atoms with Crippen LogP contribution in [0, 0.1) is 6.92 Å². The van der Waals surface area contributed by atoms with E-state index >= 15 is 0 Å². The first kappa shape index (κ1) is 14.5. The maximum atomic E-state index is 12.2. The van der Waals surface area contributed by atoms with Crippen LogP contribution in [-0.2, 0) is 16.0 Å². The molecule has 7 heteroatoms. The third-order valence-electron chi connectivity index (χ3n) is 3.48. The van der Waals surface area contributed by atoms with E-state index in [2.05, 4.69) is 10.1 Å². The van der Waals surface area contributed by atoms with Gasteiger partial charge in [0.1, 0.15) is 0 Å². The molecular weight excluding hydrogens is 262 g/mol. The van der Waals surface area contributed by atoms with Gasteiger partial charge in [0.05, 0.1) is 6.42 Å². The van der Waals surface area contributed by atoms with Crippen molar-refractivity contribution in [3.63, 3.8) is 0 Å². The zero-order valence-electron chi connectivity index (χ0n) is 11.5. The summed E-state index contributed by atoms with van der Waals surface area (Å²) in [6.07, 6.45) is 3.36. The summed E-state index contributed by atoms with van der Waals surface area (Å²) in [4.78, 5) is 28.8. The second-order valence-electron chi connectivity index (χ2n) is 5.07. The molecule has 1 aromatic rings. The average molecular weight is 281 g/mol. The van der Waals surface area contributed by atoms with Crippen LogP contribution in [0.3, 0.4) is 0 Å². The number of hydrogen-bond donors (Lipinski definition) is 1. The van der Waals surface area contributed by atoms with E-state index in [4.69, 9.17) is 9.63 Å². The first-order valence-corrected chi connectivity index (χ1v) is 6.86. The predicted molar refractivity (Wildman–Crippen MR) is 69.0 cm³/mol. The Morgan fingerprint density at radius 1 is 1.45 bits per heavy atom. The van der Waals surface area contributed by atoms with Gasteiger partial charge < -0.3 is 14.5 Å². The van der Waals surface area contributed by atoms with Crippen LogP contribution in [0.4, 0.5) is 0 Å². The Balaban J connectivity index is 1.90. The van der Waals surface area contributed by atoms with Crippen molar-refractivity contribution in [2.45, 2.75) is 51.5 Å². The Bertz CT molecular complexity index is 486. The first-order valence-electron chi connectivity index (χ1n) is 6.86. The Morgan fingerprint density at radius 2 is 2.25 bits per heavy atom. The van der Waals surface area contributed by atoms with Gasteiger partial charge in [0, 0.05) is 25.4 Å². The van der Waals surface area contributed by atoms with Gasteiger partial charge in [0.2, 0.25) is 11.8 Å². The van der Waals surface area contributed by atoms with Crippen molar-refractivity contribution in [1.29, 1.82) is 0 Å². The molecule has 1 aliphatic rings. The number of aryl methyl sites for hydroxylation is 2. The van der Waals surface area contributed by atoms with Crippen LogP contribution in [0.1, 0.15) is 43.8 Å². The highest BCUT2D eigenvalue weighted by molar-refractivity contribution is 5.78. The normalized spacial score (nSPS) is 19.1. The number of rotatable bonds is 5. The second-order valence-corrected chi connectivity index (χ2v) is 5.07. The third-order valence-corrected chi connectivity index (χ3v) is 3.48. The number of amides is 1. The number of hydrogen-bond acceptors (Lipinski definition) is 5. The predicted octanol–water partition coefficient (Wildman–Crippen LogP) is 1.17. The van der Waals surface area contributed by atoms with E-state index in [-0.39, 0.29) is 24.8 Å². The van der Waals surface area contributed by atoms with Crippen molar-refractivity contribution in [3.8, 4) is 0 Å². The summed E-state index contributed by atoms with van der Waals surface area (Å²) in [5.41, 5.74) is 0. The van der Waals surface area contributed by atoms with E-state index in [1.165, 1.54) is 0 Å². The zero-order valence-corrected chi connectivity index (χ0v) is 11.5. The molecule has 0 radical (unpaired) electrons. The molecule has 1 unspecified atom stereocenters. The van der Waals surface area contributed by atoms with Crippen LogP contribution in [0.2, 0.25) is 0 Å². The molecule has 1 amide bonds. The lowest BCUT2D eigenvalue weighted by Gasteiger charge is -2.35. The number of likely N-dealkylation sites (tertiary alicyclic amines) is 1. The van der Waals surface area contributed by atoms with Crippen LogP contribution in [0.25, 0.3) is 0 Å². The summed E-state index contributed by atoms with van der Waals surface area (Å²) < 4.78 is 4.97. The van der Waals surface area contributed by atoms with E-state index in [1.54, 1.807) is 11.8 Å². The number of aromatic nitrogens is 2. The highest BCUT2D eigenvalue weighted by Gasteiger charge is 2.28. The molecule has 0 aromatic carbocycles. The lowest BCUT2D eigenvalue weighted by atomic mass is 9.98. The second kappa shape index (κ2) is 6.49. The Morgan fingerprint density at radius 3 is 2.90 bits per heavy atom. The Hall–Kier alpha value is -1.92. The van der Waals surface area contributed by atoms with Crippen LogP contribution < -0.4 is 0 Å². The summed E-state index contributed by atoms with van der Waals surface area (Å²) in [5.74, 6) is 0.103. The first-order chi connectivity index (χ1) is 9.56. The molecule has 2 rings (SSSR count). The molecule has 1 aliphatic heterocycles. The van der Waals surface area contributed by atoms with Crippen LogP contribution in [0.15, 0.2) is 4.52 Å². The van der Waals surface area contributed by atoms with E-state index < -0.39 is 5.97 Å². The topological polar surface area (TPSA) is 96.5 Å². The Labute approximate surface area is 117 Å². The summed E-state index contributed by atoms with van der Waals surface area (Å²) in [5, 5.41) is 12.6.